The summed E-state index contributed by atoms with van der Waals surface area (Å²) < 4.78 is 10.2. The van der Waals surface area contributed by atoms with Gasteiger partial charge < -0.3 is 20.1 Å². The number of benzene rings is 2. The molecule has 0 aliphatic heterocycles. The van der Waals surface area contributed by atoms with Gasteiger partial charge in [-0.2, -0.15) is 0 Å². The normalized spacial score (nSPS) is 11.2. The number of carbonyl (C=O) groups is 3. The van der Waals surface area contributed by atoms with E-state index in [0.29, 0.717) is 22.7 Å². The zero-order valence-electron chi connectivity index (χ0n) is 15.4. The maximum atomic E-state index is 12.4. The lowest BCUT2D eigenvalue weighted by Gasteiger charge is -2.13. The molecule has 0 bridgehead atoms. The molecule has 0 spiro atoms. The van der Waals surface area contributed by atoms with Crippen molar-refractivity contribution < 1.29 is 23.9 Å². The van der Waals surface area contributed by atoms with Crippen molar-refractivity contribution in [3.8, 4) is 5.75 Å². The summed E-state index contributed by atoms with van der Waals surface area (Å²) in [6, 6.07) is 13.5. The number of hydrogen-bond acceptors (Lipinski definition) is 5. The van der Waals surface area contributed by atoms with Crippen LogP contribution in [0.1, 0.15) is 30.6 Å². The van der Waals surface area contributed by atoms with Crippen LogP contribution >= 0.6 is 0 Å². The van der Waals surface area contributed by atoms with E-state index >= 15 is 0 Å². The molecule has 142 valence electrons. The van der Waals surface area contributed by atoms with Crippen molar-refractivity contribution in [2.75, 3.05) is 17.7 Å². The maximum absolute atomic E-state index is 12.4. The predicted octanol–water partition coefficient (Wildman–Crippen LogP) is 3.23. The number of methoxy groups -OCH3 is 1. The van der Waals surface area contributed by atoms with Crippen LogP contribution in [0.3, 0.4) is 0 Å². The summed E-state index contributed by atoms with van der Waals surface area (Å²) in [5, 5.41) is 5.41. The van der Waals surface area contributed by atoms with Crippen LogP contribution < -0.4 is 15.4 Å². The topological polar surface area (TPSA) is 93.7 Å². The zero-order chi connectivity index (χ0) is 19.8. The molecule has 2 aromatic carbocycles. The molecule has 7 nitrogen and oxygen atoms in total. The molecular formula is C20H22N2O5. The van der Waals surface area contributed by atoms with E-state index in [1.807, 2.05) is 6.07 Å². The lowest BCUT2D eigenvalue weighted by Crippen LogP contribution is -2.29. The van der Waals surface area contributed by atoms with Crippen molar-refractivity contribution in [2.24, 2.45) is 0 Å². The molecule has 0 saturated heterocycles. The summed E-state index contributed by atoms with van der Waals surface area (Å²) in [6.07, 6.45) is -0.695. The third-order valence-electron chi connectivity index (χ3n) is 3.74. The van der Waals surface area contributed by atoms with Crippen molar-refractivity contribution in [1.82, 2.24) is 0 Å². The summed E-state index contributed by atoms with van der Waals surface area (Å²) in [5.41, 5.74) is 1.48. The second-order valence-corrected chi connectivity index (χ2v) is 5.71. The van der Waals surface area contributed by atoms with Crippen LogP contribution in [0.2, 0.25) is 0 Å². The average molecular weight is 370 g/mol. The van der Waals surface area contributed by atoms with Gasteiger partial charge in [0.15, 0.2) is 6.10 Å². The minimum absolute atomic E-state index is 0.202. The Balaban J connectivity index is 1.99. The number of hydrogen-bond donors (Lipinski definition) is 2. The molecule has 0 aromatic heterocycles. The second-order valence-electron chi connectivity index (χ2n) is 5.71. The Bertz CT molecular complexity index is 817. The van der Waals surface area contributed by atoms with Gasteiger partial charge in [0, 0.05) is 17.7 Å². The van der Waals surface area contributed by atoms with Crippen molar-refractivity contribution in [2.45, 2.75) is 26.4 Å². The van der Waals surface area contributed by atoms with E-state index in [1.54, 1.807) is 49.4 Å². The molecule has 0 saturated carbocycles. The highest BCUT2D eigenvalue weighted by Crippen LogP contribution is 2.23. The smallest absolute Gasteiger partial charge is 0.306 e. The van der Waals surface area contributed by atoms with Gasteiger partial charge in [-0.1, -0.05) is 19.1 Å². The maximum Gasteiger partial charge on any atom is 0.306 e. The Morgan fingerprint density at radius 1 is 1.00 bits per heavy atom. The molecular weight excluding hydrogens is 348 g/mol. The van der Waals surface area contributed by atoms with Crippen LogP contribution in [0.25, 0.3) is 0 Å². The SMILES string of the molecule is CCC(=O)O[C@@H](C)C(=O)Nc1ccc(C(=O)Nc2ccccc2OC)cc1. The Kier molecular flexibility index (Phi) is 6.93. The summed E-state index contributed by atoms with van der Waals surface area (Å²) in [7, 11) is 1.53. The van der Waals surface area contributed by atoms with E-state index in [2.05, 4.69) is 10.6 Å². The van der Waals surface area contributed by atoms with Gasteiger partial charge in [0.1, 0.15) is 5.75 Å². The van der Waals surface area contributed by atoms with E-state index in [4.69, 9.17) is 9.47 Å². The van der Waals surface area contributed by atoms with Crippen LogP contribution in [0.15, 0.2) is 48.5 Å². The Morgan fingerprint density at radius 3 is 2.30 bits per heavy atom. The fourth-order valence-corrected chi connectivity index (χ4v) is 2.23. The first-order valence-electron chi connectivity index (χ1n) is 8.49. The molecule has 1 atom stereocenters. The number of nitrogens with one attached hydrogen (secondary N) is 2. The Labute approximate surface area is 157 Å². The van der Waals surface area contributed by atoms with Crippen LogP contribution in [-0.4, -0.2) is 31.0 Å². The molecule has 7 heteroatoms. The first-order chi connectivity index (χ1) is 12.9. The van der Waals surface area contributed by atoms with E-state index in [0.717, 1.165) is 0 Å². The first kappa shape index (κ1) is 20.0. The molecule has 2 amide bonds. The summed E-state index contributed by atoms with van der Waals surface area (Å²) in [4.78, 5) is 35.6. The van der Waals surface area contributed by atoms with Crippen LogP contribution in [0, 0.1) is 0 Å². The molecule has 0 radical (unpaired) electrons. The highest BCUT2D eigenvalue weighted by Gasteiger charge is 2.17. The highest BCUT2D eigenvalue weighted by atomic mass is 16.5. The molecule has 27 heavy (non-hydrogen) atoms. The van der Waals surface area contributed by atoms with E-state index in [1.165, 1.54) is 14.0 Å². The average Bonchev–Trinajstić information content (AvgIpc) is 2.68. The van der Waals surface area contributed by atoms with Gasteiger partial charge in [0.25, 0.3) is 11.8 Å². The van der Waals surface area contributed by atoms with Gasteiger partial charge in [0.2, 0.25) is 0 Å². The molecule has 0 fully saturated rings. The molecule has 0 aliphatic carbocycles. The van der Waals surface area contributed by atoms with Gasteiger partial charge >= 0.3 is 5.97 Å². The molecule has 0 heterocycles. The van der Waals surface area contributed by atoms with Crippen LogP contribution in [0.5, 0.6) is 5.75 Å². The predicted molar refractivity (Wildman–Crippen MR) is 102 cm³/mol. The number of rotatable bonds is 7. The van der Waals surface area contributed by atoms with Crippen molar-refractivity contribution in [1.29, 1.82) is 0 Å². The minimum atomic E-state index is -0.897. The Hall–Kier alpha value is -3.35. The van der Waals surface area contributed by atoms with Gasteiger partial charge in [-0.25, -0.2) is 0 Å². The van der Waals surface area contributed by atoms with Gasteiger partial charge in [0.05, 0.1) is 12.8 Å². The lowest BCUT2D eigenvalue weighted by molar-refractivity contribution is -0.152. The van der Waals surface area contributed by atoms with E-state index in [9.17, 15) is 14.4 Å². The zero-order valence-corrected chi connectivity index (χ0v) is 15.4. The van der Waals surface area contributed by atoms with Gasteiger partial charge in [-0.15, -0.1) is 0 Å². The summed E-state index contributed by atoms with van der Waals surface area (Å²) >= 11 is 0. The summed E-state index contributed by atoms with van der Waals surface area (Å²) in [6.45, 7) is 3.15. The molecule has 2 aromatic rings. The van der Waals surface area contributed by atoms with Crippen molar-refractivity contribution in [3.05, 3.63) is 54.1 Å². The standard InChI is InChI=1S/C20H22N2O5/c1-4-18(23)27-13(2)19(24)21-15-11-9-14(10-12-15)20(25)22-16-7-5-6-8-17(16)26-3/h5-13H,4H2,1-3H3,(H,21,24)(H,22,25)/t13-/m0/s1. The molecule has 2 N–H and O–H groups in total. The Morgan fingerprint density at radius 2 is 1.67 bits per heavy atom. The van der Waals surface area contributed by atoms with Gasteiger partial charge in [-0.05, 0) is 43.3 Å². The van der Waals surface area contributed by atoms with E-state index in [-0.39, 0.29) is 12.3 Å². The van der Waals surface area contributed by atoms with Crippen LogP contribution in [0.4, 0.5) is 11.4 Å². The third kappa shape index (κ3) is 5.57. The van der Waals surface area contributed by atoms with Gasteiger partial charge in [-0.3, -0.25) is 14.4 Å². The van der Waals surface area contributed by atoms with Crippen LogP contribution in [-0.2, 0) is 14.3 Å². The monoisotopic (exact) mass is 370 g/mol. The lowest BCUT2D eigenvalue weighted by atomic mass is 10.2. The fourth-order valence-electron chi connectivity index (χ4n) is 2.23. The second kappa shape index (κ2) is 9.38. The third-order valence-corrected chi connectivity index (χ3v) is 3.74. The number of anilines is 2. The largest absolute Gasteiger partial charge is 0.495 e. The first-order valence-corrected chi connectivity index (χ1v) is 8.49. The minimum Gasteiger partial charge on any atom is -0.495 e. The quantitative estimate of drug-likeness (QED) is 0.730. The van der Waals surface area contributed by atoms with Crippen molar-refractivity contribution in [3.63, 3.8) is 0 Å². The molecule has 2 rings (SSSR count). The van der Waals surface area contributed by atoms with Crippen molar-refractivity contribution >= 4 is 29.2 Å². The number of para-hydroxylation sites is 2. The number of amides is 2. The number of carbonyl (C=O) groups excluding carboxylic acids is 3. The highest BCUT2D eigenvalue weighted by molar-refractivity contribution is 6.05. The van der Waals surface area contributed by atoms with E-state index < -0.39 is 18.0 Å². The molecule has 0 aliphatic rings. The fraction of sp³-hybridized carbons (Fsp3) is 0.250. The number of esters is 1. The number of ether oxygens (including phenoxy) is 2. The summed E-state index contributed by atoms with van der Waals surface area (Å²) in [5.74, 6) is -0.628. The molecule has 0 unspecified atom stereocenters.